The molecule has 0 saturated carbocycles. The lowest BCUT2D eigenvalue weighted by Crippen LogP contribution is -1.84. The Morgan fingerprint density at radius 2 is 1.88 bits per heavy atom. The standard InChI is InChI=1S/C13H10N2O/c1-10(8-14)12(9-15)7-11-3-5-13(16-2)6-4-11/h3-7H,1H2,2H3. The molecule has 0 aliphatic heterocycles. The minimum atomic E-state index is 0.165. The third-order valence-corrected chi connectivity index (χ3v) is 2.01. The van der Waals surface area contributed by atoms with Gasteiger partial charge < -0.3 is 4.74 Å². The van der Waals surface area contributed by atoms with E-state index in [-0.39, 0.29) is 11.1 Å². The molecule has 1 aromatic rings. The van der Waals surface area contributed by atoms with Gasteiger partial charge in [0.25, 0.3) is 0 Å². The molecule has 0 radical (unpaired) electrons. The van der Waals surface area contributed by atoms with Crippen LogP contribution in [-0.4, -0.2) is 7.11 Å². The van der Waals surface area contributed by atoms with E-state index in [9.17, 15) is 0 Å². The topological polar surface area (TPSA) is 56.8 Å². The van der Waals surface area contributed by atoms with Crippen molar-refractivity contribution in [1.29, 1.82) is 10.5 Å². The number of ether oxygens (including phenoxy) is 1. The summed E-state index contributed by atoms with van der Waals surface area (Å²) < 4.78 is 5.01. The molecule has 1 rings (SSSR count). The van der Waals surface area contributed by atoms with Crippen molar-refractivity contribution in [1.82, 2.24) is 0 Å². The molecule has 0 amide bonds. The van der Waals surface area contributed by atoms with Crippen LogP contribution in [0.5, 0.6) is 5.75 Å². The lowest BCUT2D eigenvalue weighted by Gasteiger charge is -1.99. The maximum Gasteiger partial charge on any atom is 0.118 e. The fourth-order valence-corrected chi connectivity index (χ4v) is 1.11. The van der Waals surface area contributed by atoms with E-state index in [1.807, 2.05) is 12.1 Å². The Kier molecular flexibility index (Phi) is 3.89. The molecule has 0 fully saturated rings. The van der Waals surface area contributed by atoms with Gasteiger partial charge in [-0.2, -0.15) is 10.5 Å². The van der Waals surface area contributed by atoms with Crippen LogP contribution in [-0.2, 0) is 0 Å². The monoisotopic (exact) mass is 210 g/mol. The van der Waals surface area contributed by atoms with Gasteiger partial charge in [-0.1, -0.05) is 18.7 Å². The van der Waals surface area contributed by atoms with E-state index in [1.54, 1.807) is 37.5 Å². The molecular weight excluding hydrogens is 200 g/mol. The van der Waals surface area contributed by atoms with Crippen molar-refractivity contribution in [2.75, 3.05) is 7.11 Å². The molecule has 1 aromatic carbocycles. The highest BCUT2D eigenvalue weighted by molar-refractivity contribution is 5.66. The van der Waals surface area contributed by atoms with E-state index in [4.69, 9.17) is 15.3 Å². The SMILES string of the molecule is C=C(C#N)C(C#N)=Cc1ccc(OC)cc1. The minimum absolute atomic E-state index is 0.165. The molecule has 3 heteroatoms. The molecule has 16 heavy (non-hydrogen) atoms. The molecule has 3 nitrogen and oxygen atoms in total. The Balaban J connectivity index is 3.02. The van der Waals surface area contributed by atoms with Gasteiger partial charge in [-0.3, -0.25) is 0 Å². The number of nitrogens with zero attached hydrogens (tertiary/aromatic N) is 2. The highest BCUT2D eigenvalue weighted by atomic mass is 16.5. The fraction of sp³-hybridized carbons (Fsp3) is 0.0769. The summed E-state index contributed by atoms with van der Waals surface area (Å²) in [5, 5.41) is 17.5. The largest absolute Gasteiger partial charge is 0.497 e. The van der Waals surface area contributed by atoms with Crippen molar-refractivity contribution < 1.29 is 4.74 Å². The minimum Gasteiger partial charge on any atom is -0.497 e. The van der Waals surface area contributed by atoms with Crippen LogP contribution < -0.4 is 4.74 Å². The molecule has 0 atom stereocenters. The van der Waals surface area contributed by atoms with Crippen LogP contribution in [0.4, 0.5) is 0 Å². The van der Waals surface area contributed by atoms with Gasteiger partial charge in [-0.15, -0.1) is 0 Å². The second-order valence-electron chi connectivity index (χ2n) is 3.03. The summed E-state index contributed by atoms with van der Waals surface area (Å²) in [5.74, 6) is 0.745. The molecule has 0 aliphatic carbocycles. The van der Waals surface area contributed by atoms with E-state index in [0.29, 0.717) is 0 Å². The van der Waals surface area contributed by atoms with Gasteiger partial charge in [-0.25, -0.2) is 0 Å². The number of benzene rings is 1. The van der Waals surface area contributed by atoms with E-state index in [2.05, 4.69) is 6.58 Å². The summed E-state index contributed by atoms with van der Waals surface area (Å²) in [7, 11) is 1.59. The lowest BCUT2D eigenvalue weighted by molar-refractivity contribution is 0.415. The zero-order valence-corrected chi connectivity index (χ0v) is 8.90. The molecule has 0 spiro atoms. The van der Waals surface area contributed by atoms with Crippen LogP contribution in [0.2, 0.25) is 0 Å². The molecule has 0 aromatic heterocycles. The third kappa shape index (κ3) is 2.73. The zero-order chi connectivity index (χ0) is 12.0. The summed E-state index contributed by atoms with van der Waals surface area (Å²) in [6, 6.07) is 11.0. The molecule has 0 aliphatic rings. The molecule has 78 valence electrons. The van der Waals surface area contributed by atoms with Crippen LogP contribution in [0.15, 0.2) is 42.0 Å². The summed E-state index contributed by atoms with van der Waals surface area (Å²) in [4.78, 5) is 0. The van der Waals surface area contributed by atoms with Gasteiger partial charge in [0.1, 0.15) is 11.8 Å². The van der Waals surface area contributed by atoms with Crippen LogP contribution >= 0.6 is 0 Å². The molecule has 0 heterocycles. The highest BCUT2D eigenvalue weighted by Gasteiger charge is 2.00. The number of rotatable bonds is 3. The van der Waals surface area contributed by atoms with Gasteiger partial charge >= 0.3 is 0 Å². The maximum absolute atomic E-state index is 8.83. The van der Waals surface area contributed by atoms with E-state index < -0.39 is 0 Å². The Labute approximate surface area is 94.5 Å². The summed E-state index contributed by atoms with van der Waals surface area (Å²) >= 11 is 0. The Morgan fingerprint density at radius 1 is 1.25 bits per heavy atom. The van der Waals surface area contributed by atoms with Gasteiger partial charge in [0.05, 0.1) is 24.3 Å². The number of hydrogen-bond donors (Lipinski definition) is 0. The first-order valence-corrected chi connectivity index (χ1v) is 4.56. The second-order valence-corrected chi connectivity index (χ2v) is 3.03. The predicted octanol–water partition coefficient (Wildman–Crippen LogP) is 2.68. The van der Waals surface area contributed by atoms with Gasteiger partial charge in [0, 0.05) is 0 Å². The molecule has 0 unspecified atom stereocenters. The fourth-order valence-electron chi connectivity index (χ4n) is 1.11. The van der Waals surface area contributed by atoms with Crippen molar-refractivity contribution >= 4 is 6.08 Å². The predicted molar refractivity (Wildman–Crippen MR) is 61.3 cm³/mol. The molecule has 0 saturated heterocycles. The molecule has 0 bridgehead atoms. The van der Waals surface area contributed by atoms with Gasteiger partial charge in [0.15, 0.2) is 0 Å². The lowest BCUT2D eigenvalue weighted by atomic mass is 10.1. The van der Waals surface area contributed by atoms with Crippen molar-refractivity contribution in [3.63, 3.8) is 0 Å². The normalized spacial score (nSPS) is 10.1. The van der Waals surface area contributed by atoms with Crippen LogP contribution in [0.1, 0.15) is 5.56 Å². The molecule has 0 N–H and O–H groups in total. The number of hydrogen-bond acceptors (Lipinski definition) is 3. The van der Waals surface area contributed by atoms with E-state index in [1.165, 1.54) is 0 Å². The average Bonchev–Trinajstić information content (AvgIpc) is 2.35. The van der Waals surface area contributed by atoms with Crippen molar-refractivity contribution in [3.8, 4) is 17.9 Å². The van der Waals surface area contributed by atoms with Crippen molar-refractivity contribution in [3.05, 3.63) is 47.6 Å². The van der Waals surface area contributed by atoms with Crippen molar-refractivity contribution in [2.24, 2.45) is 0 Å². The third-order valence-electron chi connectivity index (χ3n) is 2.01. The number of methoxy groups -OCH3 is 1. The Hall–Kier alpha value is -2.52. The first-order chi connectivity index (χ1) is 7.71. The Bertz CT molecular complexity index is 498. The average molecular weight is 210 g/mol. The first-order valence-electron chi connectivity index (χ1n) is 4.56. The summed E-state index contributed by atoms with van der Waals surface area (Å²) in [5.41, 5.74) is 1.26. The highest BCUT2D eigenvalue weighted by Crippen LogP contribution is 2.16. The Morgan fingerprint density at radius 3 is 2.31 bits per heavy atom. The first kappa shape index (κ1) is 11.6. The quantitative estimate of drug-likeness (QED) is 0.569. The summed E-state index contributed by atoms with van der Waals surface area (Å²) in [6.07, 6.45) is 1.62. The van der Waals surface area contributed by atoms with Gasteiger partial charge in [0.2, 0.25) is 0 Å². The van der Waals surface area contributed by atoms with Crippen LogP contribution in [0.3, 0.4) is 0 Å². The second kappa shape index (κ2) is 5.38. The van der Waals surface area contributed by atoms with E-state index in [0.717, 1.165) is 11.3 Å². The molecular formula is C13H10N2O. The van der Waals surface area contributed by atoms with Crippen molar-refractivity contribution in [2.45, 2.75) is 0 Å². The smallest absolute Gasteiger partial charge is 0.118 e. The zero-order valence-electron chi connectivity index (χ0n) is 8.90. The summed E-state index contributed by atoms with van der Waals surface area (Å²) in [6.45, 7) is 3.50. The van der Waals surface area contributed by atoms with Crippen LogP contribution in [0, 0.1) is 22.7 Å². The van der Waals surface area contributed by atoms with Gasteiger partial charge in [-0.05, 0) is 23.8 Å². The number of allylic oxidation sites excluding steroid dienone is 2. The van der Waals surface area contributed by atoms with E-state index >= 15 is 0 Å². The van der Waals surface area contributed by atoms with Crippen LogP contribution in [0.25, 0.3) is 6.08 Å². The maximum atomic E-state index is 8.83. The number of nitriles is 2.